The lowest BCUT2D eigenvalue weighted by molar-refractivity contribution is -0.130. The van der Waals surface area contributed by atoms with Gasteiger partial charge in [-0.1, -0.05) is 59.8 Å². The van der Waals surface area contributed by atoms with E-state index in [9.17, 15) is 9.59 Å². The van der Waals surface area contributed by atoms with Crippen molar-refractivity contribution in [2.24, 2.45) is 5.10 Å². The molecule has 3 aromatic carbocycles. The third-order valence-electron chi connectivity index (χ3n) is 7.55. The van der Waals surface area contributed by atoms with Crippen LogP contribution in [0.3, 0.4) is 0 Å². The second-order valence-corrected chi connectivity index (χ2v) is 12.4. The number of nitrogens with zero attached hydrogens (tertiary/aromatic N) is 5. The predicted molar refractivity (Wildman–Crippen MR) is 179 cm³/mol. The third kappa shape index (κ3) is 6.68. The van der Waals surface area contributed by atoms with Crippen LogP contribution < -0.4 is 14.8 Å². The highest BCUT2D eigenvalue weighted by atomic mass is 32.2. The van der Waals surface area contributed by atoms with Crippen molar-refractivity contribution in [2.45, 2.75) is 31.1 Å². The number of rotatable bonds is 11. The van der Waals surface area contributed by atoms with Gasteiger partial charge in [0, 0.05) is 6.42 Å². The maximum atomic E-state index is 13.9. The first-order valence-electron chi connectivity index (χ1n) is 14.6. The lowest BCUT2D eigenvalue weighted by atomic mass is 9.97. The number of carbonyl (C=O) groups excluding carboxylic acids is 2. The number of para-hydroxylation sites is 2. The summed E-state index contributed by atoms with van der Waals surface area (Å²) in [6, 6.07) is 26.7. The summed E-state index contributed by atoms with van der Waals surface area (Å²) in [4.78, 5) is 27.2. The SMILES string of the molecule is COc1ccc(C2=NN(C(=O)CSc3nnc(CNC(=O)c4cccs4)n3-c3ccccc3OC)C(c3ccc(C)cc3)C2)cc1. The number of aryl methyl sites for hydroxylation is 1. The van der Waals surface area contributed by atoms with Crippen LogP contribution in [0.25, 0.3) is 5.69 Å². The summed E-state index contributed by atoms with van der Waals surface area (Å²) in [5.74, 6) is 1.57. The number of thioether (sulfide) groups is 1. The lowest BCUT2D eigenvalue weighted by Gasteiger charge is -2.22. The fourth-order valence-corrected chi connectivity index (χ4v) is 6.61. The first-order valence-corrected chi connectivity index (χ1v) is 16.4. The summed E-state index contributed by atoms with van der Waals surface area (Å²) < 4.78 is 12.8. The van der Waals surface area contributed by atoms with E-state index in [2.05, 4.69) is 27.6 Å². The number of ether oxygens (including phenoxy) is 2. The van der Waals surface area contributed by atoms with Crippen molar-refractivity contribution < 1.29 is 19.1 Å². The molecule has 0 radical (unpaired) electrons. The van der Waals surface area contributed by atoms with E-state index >= 15 is 0 Å². The fraction of sp³-hybridized carbons (Fsp3) is 0.206. The highest BCUT2D eigenvalue weighted by molar-refractivity contribution is 7.99. The Hall–Kier alpha value is -4.94. The van der Waals surface area contributed by atoms with Gasteiger partial charge in [-0.3, -0.25) is 14.2 Å². The molecule has 0 spiro atoms. The molecule has 1 N–H and O–H groups in total. The van der Waals surface area contributed by atoms with Crippen molar-refractivity contribution in [3.8, 4) is 17.2 Å². The minimum absolute atomic E-state index is 0.0661. The molecule has 0 bridgehead atoms. The van der Waals surface area contributed by atoms with Crippen LogP contribution in [0.4, 0.5) is 0 Å². The average Bonchev–Trinajstić information content (AvgIpc) is 3.87. The Labute approximate surface area is 275 Å². The van der Waals surface area contributed by atoms with Gasteiger partial charge in [0.15, 0.2) is 11.0 Å². The van der Waals surface area contributed by atoms with E-state index in [0.717, 1.165) is 28.2 Å². The van der Waals surface area contributed by atoms with E-state index in [-0.39, 0.29) is 30.2 Å². The zero-order valence-electron chi connectivity index (χ0n) is 25.5. The smallest absolute Gasteiger partial charge is 0.261 e. The molecular weight excluding hydrogens is 621 g/mol. The molecule has 0 saturated heterocycles. The molecule has 46 heavy (non-hydrogen) atoms. The number of thiophene rings is 1. The average molecular weight is 653 g/mol. The van der Waals surface area contributed by atoms with Crippen LogP contribution in [-0.4, -0.2) is 57.3 Å². The Bertz CT molecular complexity index is 1850. The summed E-state index contributed by atoms with van der Waals surface area (Å²) in [5.41, 5.74) is 4.61. The minimum Gasteiger partial charge on any atom is -0.497 e. The van der Waals surface area contributed by atoms with Gasteiger partial charge in [0.1, 0.15) is 11.5 Å². The Kier molecular flexibility index (Phi) is 9.46. The van der Waals surface area contributed by atoms with Crippen molar-refractivity contribution in [1.29, 1.82) is 0 Å². The molecule has 1 atom stereocenters. The maximum absolute atomic E-state index is 13.9. The quantitative estimate of drug-likeness (QED) is 0.173. The maximum Gasteiger partial charge on any atom is 0.261 e. The summed E-state index contributed by atoms with van der Waals surface area (Å²) in [7, 11) is 3.22. The van der Waals surface area contributed by atoms with Gasteiger partial charge in [0.05, 0.1) is 48.8 Å². The molecule has 12 heteroatoms. The number of aromatic nitrogens is 3. The normalized spacial score (nSPS) is 14.2. The predicted octanol–water partition coefficient (Wildman–Crippen LogP) is 6.05. The number of hydrazone groups is 1. The number of nitrogens with one attached hydrogen (secondary N) is 1. The van der Waals surface area contributed by atoms with Gasteiger partial charge in [-0.2, -0.15) is 5.10 Å². The molecule has 0 fully saturated rings. The van der Waals surface area contributed by atoms with Crippen LogP contribution in [0.15, 0.2) is 101 Å². The van der Waals surface area contributed by atoms with Crippen LogP contribution in [0, 0.1) is 6.92 Å². The van der Waals surface area contributed by atoms with Crippen LogP contribution in [0.5, 0.6) is 11.5 Å². The van der Waals surface area contributed by atoms with Gasteiger partial charge in [-0.25, -0.2) is 5.01 Å². The molecule has 2 aromatic heterocycles. The van der Waals surface area contributed by atoms with Crippen molar-refractivity contribution in [1.82, 2.24) is 25.1 Å². The van der Waals surface area contributed by atoms with Gasteiger partial charge < -0.3 is 14.8 Å². The number of hydrogen-bond donors (Lipinski definition) is 1. The molecule has 10 nitrogen and oxygen atoms in total. The number of hydrogen-bond acceptors (Lipinski definition) is 9. The van der Waals surface area contributed by atoms with Gasteiger partial charge in [-0.15, -0.1) is 21.5 Å². The first kappa shape index (κ1) is 31.1. The summed E-state index contributed by atoms with van der Waals surface area (Å²) >= 11 is 2.62. The zero-order valence-corrected chi connectivity index (χ0v) is 27.2. The third-order valence-corrected chi connectivity index (χ3v) is 9.34. The molecule has 1 unspecified atom stereocenters. The molecule has 0 saturated carbocycles. The van der Waals surface area contributed by atoms with E-state index in [1.807, 2.05) is 83.6 Å². The van der Waals surface area contributed by atoms with Gasteiger partial charge >= 0.3 is 0 Å². The van der Waals surface area contributed by atoms with Crippen LogP contribution in [0.2, 0.25) is 0 Å². The highest BCUT2D eigenvalue weighted by Gasteiger charge is 2.33. The van der Waals surface area contributed by atoms with E-state index in [4.69, 9.17) is 14.6 Å². The van der Waals surface area contributed by atoms with Crippen LogP contribution in [-0.2, 0) is 11.3 Å². The standard InChI is InChI=1S/C34H32N6O4S2/c1-22-10-12-24(13-11-22)28-19-26(23-14-16-25(43-2)17-15-23)38-40(28)32(41)21-46-34-37-36-31(20-35-33(42)30-9-6-18-45-30)39(34)27-7-4-5-8-29(27)44-3/h4-18,28H,19-21H2,1-3H3,(H,35,42). The number of amides is 2. The second kappa shape index (κ2) is 14.0. The Morgan fingerprint density at radius 1 is 0.957 bits per heavy atom. The van der Waals surface area contributed by atoms with Crippen molar-refractivity contribution in [3.63, 3.8) is 0 Å². The van der Waals surface area contributed by atoms with Crippen LogP contribution in [0.1, 0.15) is 44.6 Å². The molecule has 1 aliphatic heterocycles. The van der Waals surface area contributed by atoms with Gasteiger partial charge in [0.25, 0.3) is 11.8 Å². The molecule has 234 valence electrons. The summed E-state index contributed by atoms with van der Waals surface area (Å²) in [6.07, 6.45) is 0.581. The summed E-state index contributed by atoms with van der Waals surface area (Å²) in [6.45, 7) is 2.17. The van der Waals surface area contributed by atoms with Crippen molar-refractivity contribution >= 4 is 40.6 Å². The topological polar surface area (TPSA) is 111 Å². The fourth-order valence-electron chi connectivity index (χ4n) is 5.16. The first-order chi connectivity index (χ1) is 22.4. The van der Waals surface area contributed by atoms with Gasteiger partial charge in [-0.05, 0) is 65.9 Å². The monoisotopic (exact) mass is 652 g/mol. The highest BCUT2D eigenvalue weighted by Crippen LogP contribution is 2.35. The van der Waals surface area contributed by atoms with E-state index < -0.39 is 0 Å². The molecular formula is C34H32N6O4S2. The Morgan fingerprint density at radius 3 is 2.46 bits per heavy atom. The van der Waals surface area contributed by atoms with E-state index in [0.29, 0.717) is 33.7 Å². The number of methoxy groups -OCH3 is 2. The summed E-state index contributed by atoms with van der Waals surface area (Å²) in [5, 5.41) is 20.5. The molecule has 2 amide bonds. The molecule has 0 aliphatic carbocycles. The molecule has 3 heterocycles. The van der Waals surface area contributed by atoms with E-state index in [1.54, 1.807) is 25.3 Å². The van der Waals surface area contributed by atoms with Crippen molar-refractivity contribution in [3.05, 3.63) is 118 Å². The Balaban J connectivity index is 1.27. The minimum atomic E-state index is -0.249. The zero-order chi connectivity index (χ0) is 32.0. The number of carbonyl (C=O) groups is 2. The number of benzene rings is 3. The molecule has 1 aliphatic rings. The van der Waals surface area contributed by atoms with Crippen molar-refractivity contribution in [2.75, 3.05) is 20.0 Å². The van der Waals surface area contributed by atoms with Crippen LogP contribution >= 0.6 is 23.1 Å². The Morgan fingerprint density at radius 2 is 1.74 bits per heavy atom. The lowest BCUT2D eigenvalue weighted by Crippen LogP contribution is -2.28. The second-order valence-electron chi connectivity index (χ2n) is 10.5. The van der Waals surface area contributed by atoms with Gasteiger partial charge in [0.2, 0.25) is 0 Å². The molecule has 5 aromatic rings. The largest absolute Gasteiger partial charge is 0.497 e. The molecule has 6 rings (SSSR count). The van der Waals surface area contributed by atoms with E-state index in [1.165, 1.54) is 23.1 Å².